The van der Waals surface area contributed by atoms with E-state index in [1.807, 2.05) is 0 Å². The Morgan fingerprint density at radius 3 is 2.50 bits per heavy atom. The lowest BCUT2D eigenvalue weighted by molar-refractivity contribution is 0.162. The summed E-state index contributed by atoms with van der Waals surface area (Å²) in [5, 5.41) is 9.36. The number of benzene rings is 3. The molecule has 4 aromatic rings. The summed E-state index contributed by atoms with van der Waals surface area (Å²) in [6.45, 7) is 3.37. The number of nitrogens with one attached hydrogen (secondary N) is 1. The Balaban J connectivity index is 1.15. The quantitative estimate of drug-likeness (QED) is 0.267. The van der Waals surface area contributed by atoms with Crippen LogP contribution in [0.4, 0.5) is 10.8 Å². The Morgan fingerprint density at radius 1 is 0.806 bits per heavy atom. The molecule has 1 N–H and O–H groups in total. The molecule has 0 radical (unpaired) electrons. The zero-order valence-electron chi connectivity index (χ0n) is 21.2. The van der Waals surface area contributed by atoms with Crippen LogP contribution in [-0.2, 0) is 19.4 Å². The van der Waals surface area contributed by atoms with Crippen LogP contribution < -0.4 is 5.32 Å². The minimum Gasteiger partial charge on any atom is -0.331 e. The van der Waals surface area contributed by atoms with Crippen molar-refractivity contribution in [1.29, 1.82) is 0 Å². The summed E-state index contributed by atoms with van der Waals surface area (Å²) in [4.78, 5) is 7.78. The van der Waals surface area contributed by atoms with Crippen LogP contribution in [0.15, 0.2) is 72.1 Å². The molecule has 186 valence electrons. The molecule has 0 saturated heterocycles. The molecular formula is C32H37N3S. The average molecular weight is 496 g/mol. The third kappa shape index (κ3) is 5.66. The number of aryl methyl sites for hydroxylation is 1. The standard InChI is InChI=1S/C32H37N3S/c1-2-9-24(10-3-1)20-35(21-25-17-18-26-11-4-5-13-28(26)19-25)22-29-23-36-32(33-29)34-31-16-8-14-27-12-6-7-15-30(27)31/h4-8,11-16,23-25H,1-3,9-10,17-22H2,(H,33,34). The third-order valence-electron chi connectivity index (χ3n) is 8.18. The number of fused-ring (bicyclic) bond motifs is 2. The van der Waals surface area contributed by atoms with Gasteiger partial charge in [-0.25, -0.2) is 4.98 Å². The maximum absolute atomic E-state index is 5.04. The molecule has 6 rings (SSSR count). The molecule has 0 amide bonds. The highest BCUT2D eigenvalue weighted by molar-refractivity contribution is 7.13. The zero-order valence-corrected chi connectivity index (χ0v) is 22.0. The molecule has 1 fully saturated rings. The smallest absolute Gasteiger partial charge is 0.187 e. The van der Waals surface area contributed by atoms with Crippen molar-refractivity contribution in [3.05, 3.63) is 88.9 Å². The molecule has 1 heterocycles. The molecule has 3 nitrogen and oxygen atoms in total. The molecule has 4 heteroatoms. The van der Waals surface area contributed by atoms with E-state index in [0.717, 1.165) is 29.2 Å². The van der Waals surface area contributed by atoms with E-state index in [-0.39, 0.29) is 0 Å². The van der Waals surface area contributed by atoms with Gasteiger partial charge in [-0.1, -0.05) is 79.9 Å². The van der Waals surface area contributed by atoms with Crippen LogP contribution >= 0.6 is 11.3 Å². The van der Waals surface area contributed by atoms with Crippen molar-refractivity contribution in [1.82, 2.24) is 9.88 Å². The molecule has 2 aliphatic carbocycles. The number of anilines is 2. The van der Waals surface area contributed by atoms with Gasteiger partial charge in [0.1, 0.15) is 0 Å². The van der Waals surface area contributed by atoms with Crippen molar-refractivity contribution in [2.45, 2.75) is 57.9 Å². The Morgan fingerprint density at radius 2 is 1.58 bits per heavy atom. The van der Waals surface area contributed by atoms with Crippen molar-refractivity contribution >= 4 is 32.9 Å². The predicted molar refractivity (Wildman–Crippen MR) is 153 cm³/mol. The fourth-order valence-electron chi connectivity index (χ4n) is 6.35. The summed E-state index contributed by atoms with van der Waals surface area (Å²) < 4.78 is 0. The van der Waals surface area contributed by atoms with Gasteiger partial charge in [-0.2, -0.15) is 0 Å². The van der Waals surface area contributed by atoms with Crippen molar-refractivity contribution in [3.63, 3.8) is 0 Å². The van der Waals surface area contributed by atoms with E-state index in [1.54, 1.807) is 22.5 Å². The molecule has 2 aliphatic rings. The number of aromatic nitrogens is 1. The Hall–Kier alpha value is -2.69. The van der Waals surface area contributed by atoms with Gasteiger partial charge in [-0.05, 0) is 66.5 Å². The second kappa shape index (κ2) is 11.1. The Kier molecular flexibility index (Phi) is 7.34. The highest BCUT2D eigenvalue weighted by Gasteiger charge is 2.24. The van der Waals surface area contributed by atoms with Gasteiger partial charge in [0.15, 0.2) is 5.13 Å². The van der Waals surface area contributed by atoms with Crippen LogP contribution in [-0.4, -0.2) is 23.0 Å². The molecule has 1 saturated carbocycles. The second-order valence-electron chi connectivity index (χ2n) is 10.9. The van der Waals surface area contributed by atoms with Crippen LogP contribution in [0, 0.1) is 11.8 Å². The van der Waals surface area contributed by atoms with E-state index in [2.05, 4.69) is 82.3 Å². The van der Waals surface area contributed by atoms with Crippen molar-refractivity contribution in [3.8, 4) is 0 Å². The maximum Gasteiger partial charge on any atom is 0.187 e. The van der Waals surface area contributed by atoms with Gasteiger partial charge < -0.3 is 5.32 Å². The summed E-state index contributed by atoms with van der Waals surface area (Å²) in [5.41, 5.74) is 5.47. The number of thiazole rings is 1. The summed E-state index contributed by atoms with van der Waals surface area (Å²) >= 11 is 1.73. The van der Waals surface area contributed by atoms with E-state index in [9.17, 15) is 0 Å². The maximum atomic E-state index is 5.04. The lowest BCUT2D eigenvalue weighted by atomic mass is 9.83. The van der Waals surface area contributed by atoms with Gasteiger partial charge in [0.25, 0.3) is 0 Å². The first-order valence-electron chi connectivity index (χ1n) is 13.8. The number of hydrogen-bond donors (Lipinski definition) is 1. The van der Waals surface area contributed by atoms with Crippen molar-refractivity contribution in [2.24, 2.45) is 11.8 Å². The highest BCUT2D eigenvalue weighted by Crippen LogP contribution is 2.31. The van der Waals surface area contributed by atoms with E-state index < -0.39 is 0 Å². The number of rotatable bonds is 8. The largest absolute Gasteiger partial charge is 0.331 e. The number of hydrogen-bond acceptors (Lipinski definition) is 4. The van der Waals surface area contributed by atoms with Gasteiger partial charge in [0.05, 0.1) is 5.69 Å². The Bertz CT molecular complexity index is 1280. The summed E-state index contributed by atoms with van der Waals surface area (Å²) in [6, 6.07) is 24.1. The van der Waals surface area contributed by atoms with Crippen LogP contribution in [0.1, 0.15) is 55.3 Å². The fourth-order valence-corrected chi connectivity index (χ4v) is 7.06. The second-order valence-corrected chi connectivity index (χ2v) is 11.7. The minimum atomic E-state index is 0.746. The van der Waals surface area contributed by atoms with Gasteiger partial charge >= 0.3 is 0 Å². The molecular weight excluding hydrogens is 458 g/mol. The fraction of sp³-hybridized carbons (Fsp3) is 0.406. The van der Waals surface area contributed by atoms with E-state index in [4.69, 9.17) is 4.98 Å². The number of nitrogens with zero attached hydrogens (tertiary/aromatic N) is 2. The third-order valence-corrected chi connectivity index (χ3v) is 8.98. The van der Waals surface area contributed by atoms with E-state index in [1.165, 1.54) is 80.9 Å². The molecule has 1 aromatic heterocycles. The first-order valence-corrected chi connectivity index (χ1v) is 14.7. The highest BCUT2D eigenvalue weighted by atomic mass is 32.1. The SMILES string of the molecule is c1ccc2c(c1)CCC(CN(Cc1csc(Nc3cccc4ccccc34)n1)CC1CCCCC1)C2. The van der Waals surface area contributed by atoms with Gasteiger partial charge in [0.2, 0.25) is 0 Å². The van der Waals surface area contributed by atoms with Crippen LogP contribution in [0.2, 0.25) is 0 Å². The summed E-state index contributed by atoms with van der Waals surface area (Å²) in [6.07, 6.45) is 10.8. The first kappa shape index (κ1) is 23.7. The molecule has 0 aliphatic heterocycles. The van der Waals surface area contributed by atoms with E-state index in [0.29, 0.717) is 0 Å². The van der Waals surface area contributed by atoms with Crippen molar-refractivity contribution < 1.29 is 0 Å². The topological polar surface area (TPSA) is 28.2 Å². The monoisotopic (exact) mass is 495 g/mol. The molecule has 3 aromatic carbocycles. The lowest BCUT2D eigenvalue weighted by Crippen LogP contribution is -2.36. The molecule has 36 heavy (non-hydrogen) atoms. The predicted octanol–water partition coefficient (Wildman–Crippen LogP) is 8.23. The molecule has 1 unspecified atom stereocenters. The van der Waals surface area contributed by atoms with Gasteiger partial charge in [-0.15, -0.1) is 11.3 Å². The van der Waals surface area contributed by atoms with Crippen LogP contribution in [0.25, 0.3) is 10.8 Å². The summed E-state index contributed by atoms with van der Waals surface area (Å²) in [7, 11) is 0. The zero-order chi connectivity index (χ0) is 24.2. The molecule has 1 atom stereocenters. The Labute approximate surface area is 219 Å². The summed E-state index contributed by atoms with van der Waals surface area (Å²) in [5.74, 6) is 1.59. The van der Waals surface area contributed by atoms with Crippen molar-refractivity contribution in [2.75, 3.05) is 18.4 Å². The lowest BCUT2D eigenvalue weighted by Gasteiger charge is -2.34. The minimum absolute atomic E-state index is 0.746. The van der Waals surface area contributed by atoms with Crippen LogP contribution in [0.5, 0.6) is 0 Å². The van der Waals surface area contributed by atoms with Gasteiger partial charge in [0, 0.05) is 36.1 Å². The normalized spacial score (nSPS) is 18.4. The first-order chi connectivity index (χ1) is 17.8. The van der Waals surface area contributed by atoms with E-state index >= 15 is 0 Å². The molecule has 0 bridgehead atoms. The van der Waals surface area contributed by atoms with Crippen LogP contribution in [0.3, 0.4) is 0 Å². The van der Waals surface area contributed by atoms with Gasteiger partial charge in [-0.3, -0.25) is 4.90 Å². The average Bonchev–Trinajstić information content (AvgIpc) is 3.36. The molecule has 0 spiro atoms.